The van der Waals surface area contributed by atoms with E-state index in [-0.39, 0.29) is 11.6 Å². The number of halogens is 3. The number of alkyl halides is 3. The monoisotopic (exact) mass is 304 g/mol. The predicted molar refractivity (Wildman–Crippen MR) is 70.0 cm³/mol. The van der Waals surface area contributed by atoms with Crippen molar-refractivity contribution in [1.29, 1.82) is 0 Å². The van der Waals surface area contributed by atoms with Crippen molar-refractivity contribution in [2.75, 3.05) is 31.5 Å². The van der Waals surface area contributed by atoms with Crippen LogP contribution in [0.5, 0.6) is 0 Å². The van der Waals surface area contributed by atoms with E-state index in [0.29, 0.717) is 31.9 Å². The highest BCUT2D eigenvalue weighted by atomic mass is 19.4. The fraction of sp³-hybridized carbons (Fsp3) is 0.583. The third-order valence-electron chi connectivity index (χ3n) is 3.30. The Morgan fingerprint density at radius 1 is 1.52 bits per heavy atom. The first-order valence-electron chi connectivity index (χ1n) is 6.47. The zero-order valence-electron chi connectivity index (χ0n) is 11.1. The topological polar surface area (TPSA) is 71.3 Å². The van der Waals surface area contributed by atoms with Gasteiger partial charge < -0.3 is 5.32 Å². The molecule has 0 bridgehead atoms. The zero-order chi connectivity index (χ0) is 15.5. The van der Waals surface area contributed by atoms with Gasteiger partial charge in [-0.15, -0.1) is 0 Å². The van der Waals surface area contributed by atoms with Crippen molar-refractivity contribution >= 4 is 11.5 Å². The van der Waals surface area contributed by atoms with E-state index in [1.54, 1.807) is 0 Å². The molecule has 0 saturated carbocycles. The second-order valence-corrected chi connectivity index (χ2v) is 5.04. The second-order valence-electron chi connectivity index (χ2n) is 5.04. The normalized spacial score (nSPS) is 19.7. The third-order valence-corrected chi connectivity index (χ3v) is 3.30. The van der Waals surface area contributed by atoms with E-state index in [1.807, 2.05) is 0 Å². The second kappa shape index (κ2) is 6.25. The Balaban J connectivity index is 1.82. The summed E-state index contributed by atoms with van der Waals surface area (Å²) in [6, 6.07) is 2.59. The number of nitro groups is 1. The Labute approximate surface area is 119 Å². The zero-order valence-corrected chi connectivity index (χ0v) is 11.1. The Hall–Kier alpha value is -1.90. The van der Waals surface area contributed by atoms with E-state index >= 15 is 0 Å². The van der Waals surface area contributed by atoms with Crippen LogP contribution in [0.3, 0.4) is 0 Å². The number of nitrogens with zero attached hydrogens (tertiary/aromatic N) is 3. The van der Waals surface area contributed by atoms with Crippen molar-refractivity contribution in [1.82, 2.24) is 9.88 Å². The van der Waals surface area contributed by atoms with Crippen LogP contribution in [0.25, 0.3) is 0 Å². The van der Waals surface area contributed by atoms with Gasteiger partial charge in [0.05, 0.1) is 17.5 Å². The molecule has 6 nitrogen and oxygen atoms in total. The van der Waals surface area contributed by atoms with E-state index in [4.69, 9.17) is 0 Å². The molecular formula is C12H15F3N4O2. The first kappa shape index (κ1) is 15.5. The number of anilines is 1. The van der Waals surface area contributed by atoms with Crippen molar-refractivity contribution in [3.05, 3.63) is 28.4 Å². The maximum Gasteiger partial charge on any atom is 0.401 e. The molecule has 1 atom stereocenters. The SMILES string of the molecule is O=[N+]([O-])c1ccnc(NCC2CCN(CC(F)(F)F)C2)c1. The summed E-state index contributed by atoms with van der Waals surface area (Å²) in [6.07, 6.45) is -2.19. The highest BCUT2D eigenvalue weighted by Gasteiger charge is 2.34. The first-order valence-corrected chi connectivity index (χ1v) is 6.47. The molecule has 1 saturated heterocycles. The molecule has 2 rings (SSSR count). The average Bonchev–Trinajstić information content (AvgIpc) is 2.82. The smallest absolute Gasteiger partial charge is 0.370 e. The average molecular weight is 304 g/mol. The lowest BCUT2D eigenvalue weighted by Crippen LogP contribution is -2.33. The molecule has 0 amide bonds. The van der Waals surface area contributed by atoms with Crippen molar-refractivity contribution < 1.29 is 18.1 Å². The maximum atomic E-state index is 12.3. The third kappa shape index (κ3) is 4.85. The van der Waals surface area contributed by atoms with Gasteiger partial charge in [-0.05, 0) is 18.9 Å². The molecular weight excluding hydrogens is 289 g/mol. The van der Waals surface area contributed by atoms with Crippen LogP contribution in [-0.2, 0) is 0 Å². The van der Waals surface area contributed by atoms with Gasteiger partial charge in [0.1, 0.15) is 5.82 Å². The number of nitrogens with one attached hydrogen (secondary N) is 1. The lowest BCUT2D eigenvalue weighted by molar-refractivity contribution is -0.384. The van der Waals surface area contributed by atoms with Gasteiger partial charge in [0.2, 0.25) is 0 Å². The molecule has 1 fully saturated rings. The minimum atomic E-state index is -4.18. The Morgan fingerprint density at radius 3 is 2.95 bits per heavy atom. The summed E-state index contributed by atoms with van der Waals surface area (Å²) in [6.45, 7) is 0.330. The summed E-state index contributed by atoms with van der Waals surface area (Å²) in [7, 11) is 0. The van der Waals surface area contributed by atoms with Crippen molar-refractivity contribution in [2.24, 2.45) is 5.92 Å². The number of rotatable bonds is 5. The van der Waals surface area contributed by atoms with E-state index in [2.05, 4.69) is 10.3 Å². The van der Waals surface area contributed by atoms with Gasteiger partial charge >= 0.3 is 6.18 Å². The van der Waals surface area contributed by atoms with Crippen LogP contribution in [0.2, 0.25) is 0 Å². The number of hydrogen-bond acceptors (Lipinski definition) is 5. The molecule has 0 aliphatic carbocycles. The summed E-state index contributed by atoms with van der Waals surface area (Å²) in [4.78, 5) is 15.4. The van der Waals surface area contributed by atoms with Crippen LogP contribution < -0.4 is 5.32 Å². The number of aromatic nitrogens is 1. The van der Waals surface area contributed by atoms with E-state index in [1.165, 1.54) is 23.2 Å². The van der Waals surface area contributed by atoms with Crippen LogP contribution in [0, 0.1) is 16.0 Å². The van der Waals surface area contributed by atoms with Crippen LogP contribution >= 0.6 is 0 Å². The molecule has 1 aliphatic rings. The molecule has 1 unspecified atom stereocenters. The summed E-state index contributed by atoms with van der Waals surface area (Å²) in [5, 5.41) is 13.6. The minimum Gasteiger partial charge on any atom is -0.370 e. The van der Waals surface area contributed by atoms with Crippen LogP contribution in [-0.4, -0.2) is 47.2 Å². The standard InChI is InChI=1S/C12H15F3N4O2/c13-12(14,15)8-18-4-2-9(7-18)6-17-11-5-10(19(20)21)1-3-16-11/h1,3,5,9H,2,4,6-8H2,(H,16,17). The Morgan fingerprint density at radius 2 is 2.29 bits per heavy atom. The summed E-state index contributed by atoms with van der Waals surface area (Å²) in [5.74, 6) is 0.437. The quantitative estimate of drug-likeness (QED) is 0.667. The van der Waals surface area contributed by atoms with Crippen molar-refractivity contribution in [3.8, 4) is 0 Å². The van der Waals surface area contributed by atoms with E-state index in [0.717, 1.165) is 0 Å². The first-order chi connectivity index (χ1) is 9.83. The summed E-state index contributed by atoms with van der Waals surface area (Å²) in [5.41, 5.74) is -0.0716. The molecule has 0 radical (unpaired) electrons. The van der Waals surface area contributed by atoms with Gasteiger partial charge in [0.25, 0.3) is 5.69 Å². The number of pyridine rings is 1. The fourth-order valence-corrected chi connectivity index (χ4v) is 2.36. The van der Waals surface area contributed by atoms with Crippen LogP contribution in [0.15, 0.2) is 18.3 Å². The minimum absolute atomic E-state index is 0.0716. The molecule has 116 valence electrons. The van der Waals surface area contributed by atoms with Gasteiger partial charge in [-0.25, -0.2) is 4.98 Å². The molecule has 1 aliphatic heterocycles. The Bertz CT molecular complexity index is 510. The highest BCUT2D eigenvalue weighted by molar-refractivity contribution is 5.44. The molecule has 1 aromatic heterocycles. The highest BCUT2D eigenvalue weighted by Crippen LogP contribution is 2.23. The molecule has 1 N–H and O–H groups in total. The summed E-state index contributed by atoms with van der Waals surface area (Å²) >= 11 is 0. The maximum absolute atomic E-state index is 12.3. The molecule has 9 heteroatoms. The molecule has 2 heterocycles. The van der Waals surface area contributed by atoms with Gasteiger partial charge in [0.15, 0.2) is 0 Å². The van der Waals surface area contributed by atoms with Gasteiger partial charge in [0, 0.05) is 25.4 Å². The molecule has 21 heavy (non-hydrogen) atoms. The predicted octanol–water partition coefficient (Wildman–Crippen LogP) is 2.29. The lowest BCUT2D eigenvalue weighted by Gasteiger charge is -2.18. The summed E-state index contributed by atoms with van der Waals surface area (Å²) < 4.78 is 36.8. The van der Waals surface area contributed by atoms with Gasteiger partial charge in [-0.1, -0.05) is 0 Å². The molecule has 1 aromatic rings. The van der Waals surface area contributed by atoms with Crippen LogP contribution in [0.4, 0.5) is 24.7 Å². The Kier molecular flexibility index (Phi) is 4.61. The largest absolute Gasteiger partial charge is 0.401 e. The fourth-order valence-electron chi connectivity index (χ4n) is 2.36. The van der Waals surface area contributed by atoms with E-state index < -0.39 is 17.6 Å². The van der Waals surface area contributed by atoms with Crippen molar-refractivity contribution in [2.45, 2.75) is 12.6 Å². The van der Waals surface area contributed by atoms with Gasteiger partial charge in [-0.3, -0.25) is 15.0 Å². The lowest BCUT2D eigenvalue weighted by atomic mass is 10.1. The number of likely N-dealkylation sites (tertiary alicyclic amines) is 1. The number of hydrogen-bond donors (Lipinski definition) is 1. The van der Waals surface area contributed by atoms with E-state index in [9.17, 15) is 23.3 Å². The molecule has 0 aromatic carbocycles. The molecule has 0 spiro atoms. The van der Waals surface area contributed by atoms with Gasteiger partial charge in [-0.2, -0.15) is 13.2 Å². The van der Waals surface area contributed by atoms with Crippen molar-refractivity contribution in [3.63, 3.8) is 0 Å². The van der Waals surface area contributed by atoms with Crippen LogP contribution in [0.1, 0.15) is 6.42 Å².